The van der Waals surface area contributed by atoms with E-state index in [0.717, 1.165) is 5.56 Å². The number of piperidine rings is 1. The molecule has 1 heterocycles. The molecule has 20 heavy (non-hydrogen) atoms. The number of carbonyl (C=O) groups excluding carboxylic acids is 2. The fourth-order valence-electron chi connectivity index (χ4n) is 2.93. The van der Waals surface area contributed by atoms with Crippen molar-refractivity contribution in [2.75, 3.05) is 13.1 Å². The number of nitrogens with zero attached hydrogens (tertiary/aromatic N) is 1. The minimum Gasteiger partial charge on any atom is -0.445 e. The van der Waals surface area contributed by atoms with Crippen LogP contribution in [0.3, 0.4) is 0 Å². The van der Waals surface area contributed by atoms with E-state index >= 15 is 0 Å². The van der Waals surface area contributed by atoms with Crippen molar-refractivity contribution in [3.05, 3.63) is 35.9 Å². The Hall–Kier alpha value is -2.04. The van der Waals surface area contributed by atoms with Gasteiger partial charge in [-0.25, -0.2) is 4.79 Å². The zero-order valence-electron chi connectivity index (χ0n) is 11.4. The molecule has 5 heteroatoms. The minimum atomic E-state index is -0.261. The highest BCUT2D eigenvalue weighted by Crippen LogP contribution is 2.45. The van der Waals surface area contributed by atoms with Crippen LogP contribution in [0.1, 0.15) is 12.5 Å². The van der Waals surface area contributed by atoms with E-state index in [9.17, 15) is 9.59 Å². The highest BCUT2D eigenvalue weighted by Gasteiger charge is 2.57. The maximum absolute atomic E-state index is 11.9. The summed E-state index contributed by atoms with van der Waals surface area (Å²) in [5.74, 6) is 0.814. The van der Waals surface area contributed by atoms with Crippen molar-refractivity contribution in [3.8, 4) is 0 Å². The van der Waals surface area contributed by atoms with Crippen LogP contribution >= 0.6 is 0 Å². The molecule has 5 nitrogen and oxygen atoms in total. The summed E-state index contributed by atoms with van der Waals surface area (Å²) in [6, 6.07) is 9.90. The van der Waals surface area contributed by atoms with Crippen LogP contribution in [-0.2, 0) is 16.1 Å². The van der Waals surface area contributed by atoms with Crippen LogP contribution in [-0.4, -0.2) is 36.0 Å². The van der Waals surface area contributed by atoms with Gasteiger partial charge in [0.05, 0.1) is 0 Å². The van der Waals surface area contributed by atoms with E-state index in [4.69, 9.17) is 4.74 Å². The average Bonchev–Trinajstić information content (AvgIpc) is 2.89. The van der Waals surface area contributed by atoms with Gasteiger partial charge in [0, 0.05) is 37.9 Å². The number of nitrogens with one attached hydrogen (secondary N) is 1. The Morgan fingerprint density at radius 3 is 2.50 bits per heavy atom. The number of ether oxygens (including phenoxy) is 1. The fourth-order valence-corrected chi connectivity index (χ4v) is 2.93. The Balaban J connectivity index is 1.44. The molecule has 1 aliphatic heterocycles. The van der Waals surface area contributed by atoms with Crippen LogP contribution in [0.15, 0.2) is 30.3 Å². The summed E-state index contributed by atoms with van der Waals surface area (Å²) in [7, 11) is 0. The number of rotatable bonds is 3. The number of likely N-dealkylation sites (tertiary alicyclic amines) is 1. The second kappa shape index (κ2) is 5.15. The molecule has 0 aromatic heterocycles. The lowest BCUT2D eigenvalue weighted by atomic mass is 10.2. The third kappa shape index (κ3) is 2.61. The summed E-state index contributed by atoms with van der Waals surface area (Å²) in [6.07, 6.45) is -0.261. The van der Waals surface area contributed by atoms with Crippen molar-refractivity contribution < 1.29 is 14.3 Å². The minimum absolute atomic E-state index is 0.00241. The molecule has 2 unspecified atom stereocenters. The molecule has 1 N–H and O–H groups in total. The second-order valence-corrected chi connectivity index (χ2v) is 5.50. The van der Waals surface area contributed by atoms with Crippen LogP contribution in [0.25, 0.3) is 0 Å². The normalized spacial score (nSPS) is 26.9. The first kappa shape index (κ1) is 13.0. The van der Waals surface area contributed by atoms with Crippen LogP contribution in [0.5, 0.6) is 0 Å². The quantitative estimate of drug-likeness (QED) is 0.906. The molecule has 2 amide bonds. The first-order valence-corrected chi connectivity index (χ1v) is 6.88. The van der Waals surface area contributed by atoms with E-state index < -0.39 is 0 Å². The molecule has 2 fully saturated rings. The lowest BCUT2D eigenvalue weighted by Crippen LogP contribution is -2.37. The predicted molar refractivity (Wildman–Crippen MR) is 72.8 cm³/mol. The van der Waals surface area contributed by atoms with Crippen LogP contribution < -0.4 is 5.32 Å². The van der Waals surface area contributed by atoms with Crippen molar-refractivity contribution in [3.63, 3.8) is 0 Å². The summed E-state index contributed by atoms with van der Waals surface area (Å²) in [5.41, 5.74) is 0.987. The molecule has 0 bridgehead atoms. The van der Waals surface area contributed by atoms with Crippen molar-refractivity contribution in [2.24, 2.45) is 11.8 Å². The van der Waals surface area contributed by atoms with E-state index in [0.29, 0.717) is 31.5 Å². The summed E-state index contributed by atoms with van der Waals surface area (Å²) in [4.78, 5) is 24.6. The van der Waals surface area contributed by atoms with Crippen LogP contribution in [0, 0.1) is 11.8 Å². The molecular weight excluding hydrogens is 256 g/mol. The van der Waals surface area contributed by atoms with E-state index in [-0.39, 0.29) is 18.0 Å². The van der Waals surface area contributed by atoms with Crippen LogP contribution in [0.4, 0.5) is 4.79 Å². The highest BCUT2D eigenvalue weighted by atomic mass is 16.6. The van der Waals surface area contributed by atoms with E-state index in [1.54, 1.807) is 4.90 Å². The number of amides is 2. The SMILES string of the molecule is CC(=O)NC1C2CN(C(=O)OCc3ccccc3)CC21. The zero-order valence-corrected chi connectivity index (χ0v) is 11.4. The molecule has 106 valence electrons. The molecule has 0 radical (unpaired) electrons. The number of benzene rings is 1. The van der Waals surface area contributed by atoms with Gasteiger partial charge in [-0.3, -0.25) is 4.79 Å². The Kier molecular flexibility index (Phi) is 3.34. The van der Waals surface area contributed by atoms with Crippen molar-refractivity contribution >= 4 is 12.0 Å². The Labute approximate surface area is 117 Å². The van der Waals surface area contributed by atoms with Crippen molar-refractivity contribution in [2.45, 2.75) is 19.6 Å². The topological polar surface area (TPSA) is 58.6 Å². The lowest BCUT2D eigenvalue weighted by molar-refractivity contribution is -0.119. The molecule has 1 aliphatic carbocycles. The summed E-state index contributed by atoms with van der Waals surface area (Å²) >= 11 is 0. The van der Waals surface area contributed by atoms with Gasteiger partial charge in [0.2, 0.25) is 5.91 Å². The standard InChI is InChI=1S/C15H18N2O3/c1-10(18)16-14-12-7-17(8-13(12)14)15(19)20-9-11-5-3-2-4-6-11/h2-6,12-14H,7-9H2,1H3,(H,16,18). The van der Waals surface area contributed by atoms with Crippen molar-refractivity contribution in [1.29, 1.82) is 0 Å². The fraction of sp³-hybridized carbons (Fsp3) is 0.467. The third-order valence-electron chi connectivity index (χ3n) is 4.03. The van der Waals surface area contributed by atoms with Gasteiger partial charge in [-0.15, -0.1) is 0 Å². The predicted octanol–water partition coefficient (Wildman–Crippen LogP) is 1.39. The maximum Gasteiger partial charge on any atom is 0.410 e. The molecule has 2 atom stereocenters. The number of fused-ring (bicyclic) bond motifs is 1. The van der Waals surface area contributed by atoms with Gasteiger partial charge in [-0.05, 0) is 5.56 Å². The zero-order chi connectivity index (χ0) is 14.1. The van der Waals surface area contributed by atoms with Gasteiger partial charge in [0.1, 0.15) is 6.61 Å². The second-order valence-electron chi connectivity index (χ2n) is 5.50. The van der Waals surface area contributed by atoms with Gasteiger partial charge < -0.3 is 15.0 Å². The smallest absolute Gasteiger partial charge is 0.410 e. The van der Waals surface area contributed by atoms with Gasteiger partial charge >= 0.3 is 6.09 Å². The van der Waals surface area contributed by atoms with E-state index in [2.05, 4.69) is 5.32 Å². The van der Waals surface area contributed by atoms with Crippen LogP contribution in [0.2, 0.25) is 0 Å². The average molecular weight is 274 g/mol. The molecule has 0 spiro atoms. The third-order valence-corrected chi connectivity index (χ3v) is 4.03. The highest BCUT2D eigenvalue weighted by molar-refractivity contribution is 5.74. The summed E-state index contributed by atoms with van der Waals surface area (Å²) < 4.78 is 5.30. The molecule has 1 saturated carbocycles. The number of carbonyl (C=O) groups is 2. The number of hydrogen-bond donors (Lipinski definition) is 1. The summed E-state index contributed by atoms with van der Waals surface area (Å²) in [5, 5.41) is 2.92. The van der Waals surface area contributed by atoms with E-state index in [1.807, 2.05) is 30.3 Å². The first-order valence-electron chi connectivity index (χ1n) is 6.88. The first-order chi connectivity index (χ1) is 9.65. The van der Waals surface area contributed by atoms with Gasteiger partial charge in [0.25, 0.3) is 0 Å². The molecule has 1 saturated heterocycles. The molecular formula is C15H18N2O3. The lowest BCUT2D eigenvalue weighted by Gasteiger charge is -2.19. The molecule has 1 aromatic rings. The molecule has 1 aromatic carbocycles. The van der Waals surface area contributed by atoms with Gasteiger partial charge in [-0.1, -0.05) is 30.3 Å². The Morgan fingerprint density at radius 2 is 1.90 bits per heavy atom. The van der Waals surface area contributed by atoms with Gasteiger partial charge in [-0.2, -0.15) is 0 Å². The Bertz CT molecular complexity index is 505. The van der Waals surface area contributed by atoms with Gasteiger partial charge in [0.15, 0.2) is 0 Å². The van der Waals surface area contributed by atoms with E-state index in [1.165, 1.54) is 6.92 Å². The maximum atomic E-state index is 11.9. The molecule has 2 aliphatic rings. The molecule has 3 rings (SSSR count). The van der Waals surface area contributed by atoms with Crippen molar-refractivity contribution in [1.82, 2.24) is 10.2 Å². The largest absolute Gasteiger partial charge is 0.445 e. The number of hydrogen-bond acceptors (Lipinski definition) is 3. The monoisotopic (exact) mass is 274 g/mol. The Morgan fingerprint density at radius 1 is 1.25 bits per heavy atom. The summed E-state index contributed by atoms with van der Waals surface area (Å²) in [6.45, 7) is 3.20.